The Balaban J connectivity index is 0.00000324. The van der Waals surface area contributed by atoms with Crippen molar-refractivity contribution in [2.45, 2.75) is 18.3 Å². The van der Waals surface area contributed by atoms with Gasteiger partial charge in [-0.1, -0.05) is 54.2 Å². The van der Waals surface area contributed by atoms with Gasteiger partial charge in [0.15, 0.2) is 11.5 Å². The zero-order valence-corrected chi connectivity index (χ0v) is 20.2. The number of nitrogens with one attached hydrogen (secondary N) is 1. The average Bonchev–Trinajstić information content (AvgIpc) is 3.33. The summed E-state index contributed by atoms with van der Waals surface area (Å²) in [4.78, 5) is 0. The van der Waals surface area contributed by atoms with E-state index in [0.29, 0.717) is 23.6 Å². The van der Waals surface area contributed by atoms with Crippen LogP contribution in [0.5, 0.6) is 11.5 Å². The Hall–Kier alpha value is -3.14. The summed E-state index contributed by atoms with van der Waals surface area (Å²) in [6, 6.07) is 22.1. The molecule has 1 aromatic heterocycles. The van der Waals surface area contributed by atoms with Crippen LogP contribution in [-0.2, 0) is 13.2 Å². The monoisotopic (exact) mass is 501 g/mol. The van der Waals surface area contributed by atoms with Crippen LogP contribution < -0.4 is 14.8 Å². The van der Waals surface area contributed by atoms with Crippen molar-refractivity contribution < 1.29 is 13.9 Å². The van der Waals surface area contributed by atoms with Gasteiger partial charge < -0.3 is 14.8 Å². The van der Waals surface area contributed by atoms with Gasteiger partial charge in [-0.3, -0.25) is 0 Å². The van der Waals surface area contributed by atoms with Gasteiger partial charge >= 0.3 is 0 Å². The smallest absolute Gasteiger partial charge is 0.214 e. The minimum atomic E-state index is -0.284. The minimum absolute atomic E-state index is 0. The lowest BCUT2D eigenvalue weighted by atomic mass is 10.2. The van der Waals surface area contributed by atoms with Crippen molar-refractivity contribution in [3.63, 3.8) is 0 Å². The number of rotatable bonds is 11. The topological polar surface area (TPSA) is 74.1 Å². The molecule has 10 heteroatoms. The van der Waals surface area contributed by atoms with Crippen LogP contribution in [0.2, 0.25) is 0 Å². The van der Waals surface area contributed by atoms with Crippen molar-refractivity contribution >= 4 is 24.2 Å². The number of hydrogen-bond donors (Lipinski definition) is 1. The lowest BCUT2D eigenvalue weighted by molar-refractivity contribution is 0.279. The van der Waals surface area contributed by atoms with Gasteiger partial charge in [0.2, 0.25) is 5.16 Å². The number of benzene rings is 3. The first kappa shape index (κ1) is 25.5. The molecule has 0 aliphatic rings. The molecule has 0 saturated carbocycles. The first-order valence-electron chi connectivity index (χ1n) is 10.4. The third-order valence-electron chi connectivity index (χ3n) is 4.85. The summed E-state index contributed by atoms with van der Waals surface area (Å²) >= 11 is 1.59. The van der Waals surface area contributed by atoms with Crippen LogP contribution in [0.3, 0.4) is 0 Å². The van der Waals surface area contributed by atoms with Crippen LogP contribution in [-0.4, -0.2) is 39.6 Å². The van der Waals surface area contributed by atoms with Crippen LogP contribution in [0.1, 0.15) is 11.1 Å². The van der Waals surface area contributed by atoms with Gasteiger partial charge in [-0.25, -0.2) is 4.39 Å². The quantitative estimate of drug-likeness (QED) is 0.236. The van der Waals surface area contributed by atoms with E-state index in [1.165, 1.54) is 6.07 Å². The summed E-state index contributed by atoms with van der Waals surface area (Å²) in [6.07, 6.45) is 0. The number of thioether (sulfide) groups is 1. The molecule has 178 valence electrons. The van der Waals surface area contributed by atoms with E-state index in [9.17, 15) is 4.39 Å². The standard InChI is InChI=1S/C24H24FN5O2S.ClH/c1-31-23-15-18(11-12-22(23)32-17-19-7-5-6-10-21(19)25)16-26-13-14-33-24-27-28-29-30(24)20-8-3-2-4-9-20;/h2-12,15,26H,13-14,16-17H2,1H3;1H. The molecule has 0 spiro atoms. The van der Waals surface area contributed by atoms with Crippen molar-refractivity contribution in [1.82, 2.24) is 25.5 Å². The summed E-state index contributed by atoms with van der Waals surface area (Å²) < 4.78 is 26.8. The normalized spacial score (nSPS) is 10.5. The number of tetrazole rings is 1. The predicted molar refractivity (Wildman–Crippen MR) is 133 cm³/mol. The Morgan fingerprint density at radius 2 is 1.79 bits per heavy atom. The summed E-state index contributed by atoms with van der Waals surface area (Å²) in [6.45, 7) is 1.59. The van der Waals surface area contributed by atoms with Gasteiger partial charge in [-0.15, -0.1) is 17.5 Å². The molecule has 3 aromatic carbocycles. The largest absolute Gasteiger partial charge is 0.493 e. The summed E-state index contributed by atoms with van der Waals surface area (Å²) in [5.41, 5.74) is 2.49. The molecule has 0 unspecified atom stereocenters. The molecule has 0 atom stereocenters. The number of ether oxygens (including phenoxy) is 2. The molecule has 0 amide bonds. The fourth-order valence-corrected chi connectivity index (χ4v) is 3.95. The Bertz CT molecular complexity index is 1180. The molecule has 4 rings (SSSR count). The molecule has 7 nitrogen and oxygen atoms in total. The van der Waals surface area contributed by atoms with E-state index in [-0.39, 0.29) is 24.8 Å². The van der Waals surface area contributed by atoms with E-state index < -0.39 is 0 Å². The van der Waals surface area contributed by atoms with Gasteiger partial charge in [-0.05, 0) is 46.3 Å². The van der Waals surface area contributed by atoms with E-state index in [4.69, 9.17) is 9.47 Å². The SMILES string of the molecule is COc1cc(CNCCSc2nnnn2-c2ccccc2)ccc1OCc1ccccc1F.Cl. The summed E-state index contributed by atoms with van der Waals surface area (Å²) in [7, 11) is 1.59. The number of halogens is 2. The van der Waals surface area contributed by atoms with E-state index >= 15 is 0 Å². The number of nitrogens with zero attached hydrogens (tertiary/aromatic N) is 4. The van der Waals surface area contributed by atoms with Crippen LogP contribution in [0.15, 0.2) is 78.0 Å². The second-order valence-corrected chi connectivity index (χ2v) is 8.16. The van der Waals surface area contributed by atoms with E-state index in [1.54, 1.807) is 41.8 Å². The van der Waals surface area contributed by atoms with Crippen LogP contribution in [0.25, 0.3) is 5.69 Å². The Kier molecular flexibility index (Phi) is 9.69. The van der Waals surface area contributed by atoms with Crippen molar-refractivity contribution in [3.8, 4) is 17.2 Å². The highest BCUT2D eigenvalue weighted by atomic mass is 35.5. The second-order valence-electron chi connectivity index (χ2n) is 7.10. The molecule has 1 N–H and O–H groups in total. The fourth-order valence-electron chi connectivity index (χ4n) is 3.16. The van der Waals surface area contributed by atoms with Crippen molar-refractivity contribution in [1.29, 1.82) is 0 Å². The van der Waals surface area contributed by atoms with Crippen molar-refractivity contribution in [3.05, 3.63) is 89.7 Å². The minimum Gasteiger partial charge on any atom is -0.493 e. The lowest BCUT2D eigenvalue weighted by Crippen LogP contribution is -2.17. The molecule has 0 aliphatic heterocycles. The highest BCUT2D eigenvalue weighted by molar-refractivity contribution is 7.99. The Morgan fingerprint density at radius 3 is 2.59 bits per heavy atom. The Labute approximate surface area is 208 Å². The first-order chi connectivity index (χ1) is 16.2. The van der Waals surface area contributed by atoms with E-state index in [0.717, 1.165) is 28.7 Å². The number of hydrogen-bond acceptors (Lipinski definition) is 7. The molecule has 0 radical (unpaired) electrons. The third-order valence-corrected chi connectivity index (χ3v) is 5.77. The summed E-state index contributed by atoms with van der Waals surface area (Å²) in [5.74, 6) is 1.72. The molecule has 34 heavy (non-hydrogen) atoms. The zero-order chi connectivity index (χ0) is 22.9. The highest BCUT2D eigenvalue weighted by Gasteiger charge is 2.10. The molecular weight excluding hydrogens is 477 g/mol. The maximum atomic E-state index is 13.8. The van der Waals surface area contributed by atoms with Gasteiger partial charge in [0, 0.05) is 24.4 Å². The average molecular weight is 502 g/mol. The van der Waals surface area contributed by atoms with Crippen molar-refractivity contribution in [2.24, 2.45) is 0 Å². The molecular formula is C24H25ClFN5O2S. The van der Waals surface area contributed by atoms with Gasteiger partial charge in [0.25, 0.3) is 0 Å². The Morgan fingerprint density at radius 1 is 1.00 bits per heavy atom. The maximum absolute atomic E-state index is 13.8. The highest BCUT2D eigenvalue weighted by Crippen LogP contribution is 2.29. The number of para-hydroxylation sites is 1. The molecule has 0 saturated heterocycles. The fraction of sp³-hybridized carbons (Fsp3) is 0.208. The van der Waals surface area contributed by atoms with E-state index in [2.05, 4.69) is 20.8 Å². The van der Waals surface area contributed by atoms with E-state index in [1.807, 2.05) is 48.5 Å². The van der Waals surface area contributed by atoms with Crippen molar-refractivity contribution in [2.75, 3.05) is 19.4 Å². The maximum Gasteiger partial charge on any atom is 0.214 e. The molecule has 4 aromatic rings. The number of aromatic nitrogens is 4. The number of methoxy groups -OCH3 is 1. The molecule has 0 bridgehead atoms. The summed E-state index contributed by atoms with van der Waals surface area (Å²) in [5, 5.41) is 16.1. The van der Waals surface area contributed by atoms with Crippen LogP contribution >= 0.6 is 24.2 Å². The predicted octanol–water partition coefficient (Wildman–Crippen LogP) is 4.69. The molecule has 1 heterocycles. The van der Waals surface area contributed by atoms with Crippen LogP contribution in [0, 0.1) is 5.82 Å². The van der Waals surface area contributed by atoms with Crippen LogP contribution in [0.4, 0.5) is 4.39 Å². The second kappa shape index (κ2) is 12.9. The third kappa shape index (κ3) is 6.69. The molecule has 0 fully saturated rings. The molecule has 0 aliphatic carbocycles. The van der Waals surface area contributed by atoms with Gasteiger partial charge in [0.1, 0.15) is 12.4 Å². The lowest BCUT2D eigenvalue weighted by Gasteiger charge is -2.13. The van der Waals surface area contributed by atoms with Gasteiger partial charge in [0.05, 0.1) is 12.8 Å². The first-order valence-corrected chi connectivity index (χ1v) is 11.4. The van der Waals surface area contributed by atoms with Gasteiger partial charge in [-0.2, -0.15) is 4.68 Å². The zero-order valence-electron chi connectivity index (χ0n) is 18.6.